The van der Waals surface area contributed by atoms with Crippen LogP contribution in [0.5, 0.6) is 0 Å². The zero-order valence-corrected chi connectivity index (χ0v) is 14.6. The average Bonchev–Trinajstić information content (AvgIpc) is 2.51. The van der Waals surface area contributed by atoms with Crippen molar-refractivity contribution < 1.29 is 4.79 Å². The lowest BCUT2D eigenvalue weighted by Gasteiger charge is -2.18. The summed E-state index contributed by atoms with van der Waals surface area (Å²) >= 11 is 11.8. The third-order valence-corrected chi connectivity index (χ3v) is 3.75. The number of amides is 1. The first-order valence-electron chi connectivity index (χ1n) is 6.83. The van der Waals surface area contributed by atoms with Crippen molar-refractivity contribution in [1.82, 2.24) is 9.97 Å². The van der Waals surface area contributed by atoms with Gasteiger partial charge in [0.05, 0.1) is 16.6 Å². The minimum absolute atomic E-state index is 0.108. The van der Waals surface area contributed by atoms with Crippen LogP contribution < -0.4 is 15.1 Å². The summed E-state index contributed by atoms with van der Waals surface area (Å²) < 4.78 is 0. The molecule has 0 aliphatic heterocycles. The molecule has 1 amide bonds. The number of halogens is 2. The zero-order valence-electron chi connectivity index (χ0n) is 13.0. The van der Waals surface area contributed by atoms with Gasteiger partial charge in [-0.1, -0.05) is 23.2 Å². The second-order valence-corrected chi connectivity index (χ2v) is 5.96. The number of nitrogens with one attached hydrogen (secondary N) is 1. The highest BCUT2D eigenvalue weighted by Gasteiger charge is 2.12. The topological polar surface area (TPSA) is 61.4 Å². The number of aromatic nitrogens is 2. The van der Waals surface area contributed by atoms with Gasteiger partial charge in [-0.2, -0.15) is 4.98 Å². The van der Waals surface area contributed by atoms with Crippen LogP contribution in [0, 0.1) is 0 Å². The first-order chi connectivity index (χ1) is 10.9. The van der Waals surface area contributed by atoms with Crippen LogP contribution in [0.2, 0.25) is 10.0 Å². The fraction of sp³-hybridized carbons (Fsp3) is 0.267. The fourth-order valence-electron chi connectivity index (χ4n) is 1.83. The molecule has 0 aliphatic rings. The summed E-state index contributed by atoms with van der Waals surface area (Å²) in [4.78, 5) is 24.2. The van der Waals surface area contributed by atoms with E-state index >= 15 is 0 Å². The number of nitrogens with zero attached hydrogens (tertiary/aromatic N) is 4. The molecular formula is C15H17Cl2N5O. The molecule has 0 saturated carbocycles. The van der Waals surface area contributed by atoms with Crippen molar-refractivity contribution in [3.63, 3.8) is 0 Å². The van der Waals surface area contributed by atoms with Crippen LogP contribution in [-0.2, 0) is 4.79 Å². The molecule has 0 aliphatic carbocycles. The highest BCUT2D eigenvalue weighted by atomic mass is 35.5. The smallest absolute Gasteiger partial charge is 0.243 e. The Bertz CT molecular complexity index is 708. The molecule has 1 N–H and O–H groups in total. The molecule has 0 unspecified atom stereocenters. The van der Waals surface area contributed by atoms with E-state index in [-0.39, 0.29) is 12.5 Å². The van der Waals surface area contributed by atoms with E-state index in [4.69, 9.17) is 23.2 Å². The van der Waals surface area contributed by atoms with Crippen molar-refractivity contribution in [3.8, 4) is 0 Å². The fourth-order valence-corrected chi connectivity index (χ4v) is 2.13. The van der Waals surface area contributed by atoms with Crippen LogP contribution in [0.4, 0.5) is 17.5 Å². The quantitative estimate of drug-likeness (QED) is 0.895. The van der Waals surface area contributed by atoms with E-state index in [1.54, 1.807) is 42.4 Å². The molecule has 2 rings (SSSR count). The van der Waals surface area contributed by atoms with Crippen LogP contribution in [-0.4, -0.2) is 43.6 Å². The number of carbonyl (C=O) groups excluding carboxylic acids is 1. The zero-order chi connectivity index (χ0) is 17.0. The molecule has 1 heterocycles. The van der Waals surface area contributed by atoms with Crippen LogP contribution in [0.25, 0.3) is 0 Å². The Labute approximate surface area is 145 Å². The number of benzene rings is 1. The Morgan fingerprint density at radius 1 is 1.17 bits per heavy atom. The molecule has 2 aromatic rings. The predicted octanol–water partition coefficient (Wildman–Crippen LogP) is 2.92. The van der Waals surface area contributed by atoms with Gasteiger partial charge in [-0.25, -0.2) is 4.98 Å². The van der Waals surface area contributed by atoms with E-state index in [0.717, 1.165) is 5.82 Å². The maximum atomic E-state index is 12.1. The number of carbonyl (C=O) groups is 1. The van der Waals surface area contributed by atoms with E-state index in [9.17, 15) is 4.79 Å². The SMILES string of the molecule is CN(C)c1ccnc(N(C)CC(=O)Nc2ccc(Cl)c(Cl)c2)n1. The second kappa shape index (κ2) is 7.48. The Morgan fingerprint density at radius 3 is 2.57 bits per heavy atom. The lowest BCUT2D eigenvalue weighted by molar-refractivity contribution is -0.114. The molecule has 0 radical (unpaired) electrons. The minimum atomic E-state index is -0.204. The largest absolute Gasteiger partial charge is 0.363 e. The van der Waals surface area contributed by atoms with E-state index < -0.39 is 0 Å². The first kappa shape index (κ1) is 17.3. The molecule has 0 spiro atoms. The Hall–Kier alpha value is -2.05. The van der Waals surface area contributed by atoms with Gasteiger partial charge in [0.25, 0.3) is 0 Å². The normalized spacial score (nSPS) is 10.3. The van der Waals surface area contributed by atoms with Crippen molar-refractivity contribution in [2.24, 2.45) is 0 Å². The highest BCUT2D eigenvalue weighted by molar-refractivity contribution is 6.42. The van der Waals surface area contributed by atoms with Crippen LogP contribution >= 0.6 is 23.2 Å². The van der Waals surface area contributed by atoms with Crippen molar-refractivity contribution in [2.45, 2.75) is 0 Å². The van der Waals surface area contributed by atoms with E-state index in [0.29, 0.717) is 21.7 Å². The molecule has 0 fully saturated rings. The summed E-state index contributed by atoms with van der Waals surface area (Å²) in [6, 6.07) is 6.72. The Balaban J connectivity index is 2.01. The molecule has 8 heteroatoms. The van der Waals surface area contributed by atoms with Crippen LogP contribution in [0.3, 0.4) is 0 Å². The van der Waals surface area contributed by atoms with Gasteiger partial charge in [-0.05, 0) is 24.3 Å². The van der Waals surface area contributed by atoms with Gasteiger partial charge in [-0.3, -0.25) is 4.79 Å². The number of hydrogen-bond donors (Lipinski definition) is 1. The number of likely N-dealkylation sites (N-methyl/N-ethyl adjacent to an activating group) is 1. The van der Waals surface area contributed by atoms with Crippen molar-refractivity contribution in [3.05, 3.63) is 40.5 Å². The molecule has 6 nitrogen and oxygen atoms in total. The third-order valence-electron chi connectivity index (χ3n) is 3.01. The minimum Gasteiger partial charge on any atom is -0.363 e. The summed E-state index contributed by atoms with van der Waals surface area (Å²) in [5, 5.41) is 3.59. The van der Waals surface area contributed by atoms with Gasteiger partial charge in [0.2, 0.25) is 11.9 Å². The summed E-state index contributed by atoms with van der Waals surface area (Å²) in [6.45, 7) is 0.108. The third kappa shape index (κ3) is 4.71. The lowest BCUT2D eigenvalue weighted by atomic mass is 10.3. The van der Waals surface area contributed by atoms with Gasteiger partial charge in [0.1, 0.15) is 5.82 Å². The van der Waals surface area contributed by atoms with Gasteiger partial charge < -0.3 is 15.1 Å². The molecule has 1 aromatic carbocycles. The van der Waals surface area contributed by atoms with Gasteiger partial charge in [-0.15, -0.1) is 0 Å². The molecule has 0 bridgehead atoms. The summed E-state index contributed by atoms with van der Waals surface area (Å²) in [5.74, 6) is 1.04. The molecular weight excluding hydrogens is 337 g/mol. The lowest BCUT2D eigenvalue weighted by Crippen LogP contribution is -2.31. The van der Waals surface area contributed by atoms with E-state index in [2.05, 4.69) is 15.3 Å². The average molecular weight is 354 g/mol. The maximum absolute atomic E-state index is 12.1. The van der Waals surface area contributed by atoms with Crippen molar-refractivity contribution >= 4 is 46.6 Å². The standard InChI is InChI=1S/C15H17Cl2N5O/c1-21(2)13-6-7-18-15(20-13)22(3)9-14(23)19-10-4-5-11(16)12(17)8-10/h4-8H,9H2,1-3H3,(H,19,23). The molecule has 0 atom stereocenters. The van der Waals surface area contributed by atoms with Crippen LogP contribution in [0.15, 0.2) is 30.5 Å². The van der Waals surface area contributed by atoms with Crippen LogP contribution in [0.1, 0.15) is 0 Å². The number of anilines is 3. The number of rotatable bonds is 5. The van der Waals surface area contributed by atoms with E-state index in [1.165, 1.54) is 0 Å². The summed E-state index contributed by atoms with van der Waals surface area (Å²) in [7, 11) is 5.54. The number of hydrogen-bond acceptors (Lipinski definition) is 5. The van der Waals surface area contributed by atoms with Crippen molar-refractivity contribution in [2.75, 3.05) is 42.8 Å². The summed E-state index contributed by atoms with van der Waals surface area (Å²) in [6.07, 6.45) is 1.66. The van der Waals surface area contributed by atoms with Gasteiger partial charge in [0, 0.05) is 33.0 Å². The Morgan fingerprint density at radius 2 is 1.91 bits per heavy atom. The molecule has 1 aromatic heterocycles. The first-order valence-corrected chi connectivity index (χ1v) is 7.59. The van der Waals surface area contributed by atoms with Gasteiger partial charge in [0.15, 0.2) is 0 Å². The maximum Gasteiger partial charge on any atom is 0.243 e. The second-order valence-electron chi connectivity index (χ2n) is 5.14. The molecule has 0 saturated heterocycles. The van der Waals surface area contributed by atoms with E-state index in [1.807, 2.05) is 19.0 Å². The van der Waals surface area contributed by atoms with Crippen molar-refractivity contribution in [1.29, 1.82) is 0 Å². The predicted molar refractivity (Wildman–Crippen MR) is 94.7 cm³/mol. The molecule has 122 valence electrons. The highest BCUT2D eigenvalue weighted by Crippen LogP contribution is 2.25. The van der Waals surface area contributed by atoms with Gasteiger partial charge >= 0.3 is 0 Å². The Kier molecular flexibility index (Phi) is 5.63. The molecule has 23 heavy (non-hydrogen) atoms. The summed E-state index contributed by atoms with van der Waals surface area (Å²) in [5.41, 5.74) is 0.584. The monoisotopic (exact) mass is 353 g/mol.